The van der Waals surface area contributed by atoms with Gasteiger partial charge in [-0.2, -0.15) is 0 Å². The van der Waals surface area contributed by atoms with E-state index >= 15 is 0 Å². The molecule has 7 nitrogen and oxygen atoms in total. The van der Waals surface area contributed by atoms with Crippen LogP contribution in [-0.2, 0) is 4.74 Å². The Labute approximate surface area is 220 Å². The number of halogens is 4. The third kappa shape index (κ3) is 6.20. The first-order valence-electron chi connectivity index (χ1n) is 11.2. The van der Waals surface area contributed by atoms with Gasteiger partial charge in [0.1, 0.15) is 23.0 Å². The molecule has 198 valence electrons. The monoisotopic (exact) mass is 547 g/mol. The van der Waals surface area contributed by atoms with Crippen LogP contribution in [0.25, 0.3) is 22.0 Å². The van der Waals surface area contributed by atoms with Crippen molar-refractivity contribution in [2.75, 3.05) is 13.7 Å². The maximum Gasteiger partial charge on any atom is 0.573 e. The van der Waals surface area contributed by atoms with Crippen LogP contribution < -0.4 is 18.9 Å². The highest BCUT2D eigenvalue weighted by Crippen LogP contribution is 2.42. The third-order valence-electron chi connectivity index (χ3n) is 5.28. The molecule has 0 atom stereocenters. The average Bonchev–Trinajstić information content (AvgIpc) is 2.85. The minimum atomic E-state index is -4.78. The maximum atomic E-state index is 12.4. The van der Waals surface area contributed by atoms with Gasteiger partial charge in [0.15, 0.2) is 5.75 Å². The zero-order valence-electron chi connectivity index (χ0n) is 20.4. The van der Waals surface area contributed by atoms with E-state index in [0.29, 0.717) is 50.0 Å². The minimum absolute atomic E-state index is 0.125. The molecule has 11 heteroatoms. The number of aryl methyl sites for hydroxylation is 1. The molecule has 0 N–H and O–H groups in total. The Morgan fingerprint density at radius 1 is 0.974 bits per heavy atom. The number of carbonyl (C=O) groups is 1. The van der Waals surface area contributed by atoms with Crippen molar-refractivity contribution in [2.24, 2.45) is 0 Å². The Bertz CT molecular complexity index is 1460. The van der Waals surface area contributed by atoms with Crippen molar-refractivity contribution in [2.45, 2.75) is 20.2 Å². The zero-order valence-corrected chi connectivity index (χ0v) is 21.1. The molecule has 0 radical (unpaired) electrons. The molecule has 0 spiro atoms. The Morgan fingerprint density at radius 3 is 2.16 bits per heavy atom. The van der Waals surface area contributed by atoms with Gasteiger partial charge in [-0.25, -0.2) is 4.79 Å². The molecule has 0 saturated carbocycles. The van der Waals surface area contributed by atoms with E-state index in [0.717, 1.165) is 12.1 Å². The van der Waals surface area contributed by atoms with Crippen molar-refractivity contribution >= 4 is 28.7 Å². The van der Waals surface area contributed by atoms with E-state index in [2.05, 4.69) is 9.72 Å². The first-order valence-corrected chi connectivity index (χ1v) is 11.6. The van der Waals surface area contributed by atoms with Crippen molar-refractivity contribution in [3.05, 3.63) is 71.4 Å². The molecule has 0 aliphatic carbocycles. The van der Waals surface area contributed by atoms with Gasteiger partial charge in [0, 0.05) is 22.7 Å². The number of alkyl halides is 3. The first-order chi connectivity index (χ1) is 18.1. The van der Waals surface area contributed by atoms with Gasteiger partial charge in [-0.1, -0.05) is 23.7 Å². The molecule has 0 bridgehead atoms. The van der Waals surface area contributed by atoms with Crippen LogP contribution >= 0.6 is 11.6 Å². The number of aromatic nitrogens is 1. The Morgan fingerprint density at radius 2 is 1.58 bits per heavy atom. The zero-order chi connectivity index (χ0) is 27.4. The van der Waals surface area contributed by atoms with Crippen molar-refractivity contribution in [3.8, 4) is 39.9 Å². The van der Waals surface area contributed by atoms with Crippen molar-refractivity contribution in [1.29, 1.82) is 0 Å². The Hall–Kier alpha value is -4.18. The number of hydrogen-bond donors (Lipinski definition) is 0. The van der Waals surface area contributed by atoms with E-state index in [1.165, 1.54) is 19.2 Å². The molecule has 0 aliphatic heterocycles. The van der Waals surface area contributed by atoms with Gasteiger partial charge in [-0.3, -0.25) is 4.98 Å². The number of ether oxygens (including phenoxy) is 5. The number of rotatable bonds is 7. The Kier molecular flexibility index (Phi) is 7.82. The fourth-order valence-corrected chi connectivity index (χ4v) is 3.96. The number of methoxy groups -OCH3 is 1. The fraction of sp³-hybridized carbons (Fsp3) is 0.185. The minimum Gasteiger partial charge on any atom is -0.495 e. The number of carbonyl (C=O) groups excluding carboxylic acids is 1. The number of fused-ring (bicyclic) bond motifs is 1. The molecule has 0 aliphatic rings. The van der Waals surface area contributed by atoms with E-state index in [4.69, 9.17) is 30.5 Å². The maximum absolute atomic E-state index is 12.4. The number of nitrogens with zero attached hydrogens (tertiary/aromatic N) is 1. The molecule has 1 heterocycles. The largest absolute Gasteiger partial charge is 0.573 e. The van der Waals surface area contributed by atoms with Gasteiger partial charge in [0.25, 0.3) is 0 Å². The summed E-state index contributed by atoms with van der Waals surface area (Å²) in [6.07, 6.45) is -5.66. The molecule has 0 unspecified atom stereocenters. The van der Waals surface area contributed by atoms with E-state index in [1.807, 2.05) is 0 Å². The lowest BCUT2D eigenvalue weighted by Gasteiger charge is -2.17. The summed E-state index contributed by atoms with van der Waals surface area (Å²) in [5.74, 6) is 1.01. The van der Waals surface area contributed by atoms with Gasteiger partial charge in [-0.05, 0) is 61.9 Å². The third-order valence-corrected chi connectivity index (χ3v) is 5.57. The average molecular weight is 548 g/mol. The molecule has 38 heavy (non-hydrogen) atoms. The van der Waals surface area contributed by atoms with Crippen LogP contribution in [0.3, 0.4) is 0 Å². The summed E-state index contributed by atoms with van der Waals surface area (Å²) in [5.41, 5.74) is 2.26. The van der Waals surface area contributed by atoms with Gasteiger partial charge >= 0.3 is 12.5 Å². The molecule has 4 aromatic rings. The Balaban J connectivity index is 1.68. The van der Waals surface area contributed by atoms with Gasteiger partial charge < -0.3 is 23.7 Å². The highest BCUT2D eigenvalue weighted by Gasteiger charge is 2.31. The molecular weight excluding hydrogens is 527 g/mol. The lowest BCUT2D eigenvalue weighted by molar-refractivity contribution is -0.274. The van der Waals surface area contributed by atoms with Crippen LogP contribution in [0.1, 0.15) is 12.6 Å². The lowest BCUT2D eigenvalue weighted by Crippen LogP contribution is -2.16. The van der Waals surface area contributed by atoms with Gasteiger partial charge in [-0.15, -0.1) is 13.2 Å². The van der Waals surface area contributed by atoms with Crippen LogP contribution in [0, 0.1) is 6.92 Å². The molecule has 4 rings (SSSR count). The van der Waals surface area contributed by atoms with E-state index < -0.39 is 12.5 Å². The second-order valence-electron chi connectivity index (χ2n) is 7.84. The highest BCUT2D eigenvalue weighted by molar-refractivity contribution is 6.33. The fourth-order valence-electron chi connectivity index (χ4n) is 3.72. The number of benzene rings is 3. The molecule has 0 amide bonds. The summed E-state index contributed by atoms with van der Waals surface area (Å²) >= 11 is 6.35. The van der Waals surface area contributed by atoms with E-state index in [9.17, 15) is 18.0 Å². The summed E-state index contributed by atoms with van der Waals surface area (Å²) in [4.78, 5) is 16.9. The molecule has 0 fully saturated rings. The lowest BCUT2D eigenvalue weighted by atomic mass is 10.00. The second-order valence-corrected chi connectivity index (χ2v) is 8.24. The summed E-state index contributed by atoms with van der Waals surface area (Å²) in [6.45, 7) is 3.55. The van der Waals surface area contributed by atoms with Crippen molar-refractivity contribution in [3.63, 3.8) is 0 Å². The highest BCUT2D eigenvalue weighted by atomic mass is 35.5. The summed E-state index contributed by atoms with van der Waals surface area (Å²) < 4.78 is 62.6. The van der Waals surface area contributed by atoms with Crippen LogP contribution in [0.4, 0.5) is 18.0 Å². The first kappa shape index (κ1) is 26.9. The van der Waals surface area contributed by atoms with Crippen LogP contribution in [-0.4, -0.2) is 31.2 Å². The molecule has 0 saturated heterocycles. The predicted octanol–water partition coefficient (Wildman–Crippen LogP) is 8.10. The van der Waals surface area contributed by atoms with Gasteiger partial charge in [0.2, 0.25) is 0 Å². The summed E-state index contributed by atoms with van der Waals surface area (Å²) in [7, 11) is 1.48. The van der Waals surface area contributed by atoms with Crippen molar-refractivity contribution < 1.29 is 41.7 Å². The normalized spacial score (nSPS) is 11.2. The molecule has 3 aromatic carbocycles. The summed E-state index contributed by atoms with van der Waals surface area (Å²) in [6, 6.07) is 15.1. The van der Waals surface area contributed by atoms with E-state index in [1.54, 1.807) is 50.2 Å². The predicted molar refractivity (Wildman–Crippen MR) is 134 cm³/mol. The van der Waals surface area contributed by atoms with Crippen LogP contribution in [0.15, 0.2) is 60.7 Å². The molecule has 1 aromatic heterocycles. The van der Waals surface area contributed by atoms with Crippen LogP contribution in [0.2, 0.25) is 5.02 Å². The van der Waals surface area contributed by atoms with Crippen LogP contribution in [0.5, 0.6) is 28.7 Å². The summed E-state index contributed by atoms with van der Waals surface area (Å²) in [5, 5.41) is 0.784. The standard InChI is InChI=1S/C27H21ClF3NO6/c1-4-35-26(33)37-25-20-13-21(28)23(34-3)14-22(20)32-15(2)24(25)16-5-7-17(8-6-16)36-18-9-11-19(12-10-18)38-27(29,30)31/h5-14H,4H2,1-3H3. The topological polar surface area (TPSA) is 76.1 Å². The van der Waals surface area contributed by atoms with Gasteiger partial charge in [0.05, 0.1) is 24.3 Å². The van der Waals surface area contributed by atoms with E-state index in [-0.39, 0.29) is 18.1 Å². The number of hydrogen-bond acceptors (Lipinski definition) is 7. The number of pyridine rings is 1. The SMILES string of the molecule is CCOC(=O)Oc1c(-c2ccc(Oc3ccc(OC(F)(F)F)cc3)cc2)c(C)nc2cc(OC)c(Cl)cc12. The molecular formula is C27H21ClF3NO6. The quantitative estimate of drug-likeness (QED) is 0.216. The smallest absolute Gasteiger partial charge is 0.495 e. The van der Waals surface area contributed by atoms with Crippen molar-refractivity contribution in [1.82, 2.24) is 4.98 Å². The second kappa shape index (κ2) is 11.1.